The monoisotopic (exact) mass is 290 g/mol. The zero-order chi connectivity index (χ0) is 13.3. The number of nitrogens with zero attached hydrogens (tertiary/aromatic N) is 2. The van der Waals surface area contributed by atoms with Gasteiger partial charge in [-0.05, 0) is 24.4 Å². The van der Waals surface area contributed by atoms with Crippen LogP contribution in [0.4, 0.5) is 10.8 Å². The third kappa shape index (κ3) is 2.45. The minimum absolute atomic E-state index is 0.0780. The Morgan fingerprint density at radius 3 is 2.56 bits per heavy atom. The molecule has 1 saturated carbocycles. The first-order valence-corrected chi connectivity index (χ1v) is 8.08. The highest BCUT2D eigenvalue weighted by atomic mass is 32.2. The predicted octanol–water partition coefficient (Wildman–Crippen LogP) is 1.33. The molecule has 8 heteroatoms. The Kier molecular flexibility index (Phi) is 3.79. The SMILES string of the molecule is CN(C)S(=O)(=O)c1c(N)nsc1NC1CCCC1. The lowest BCUT2D eigenvalue weighted by molar-refractivity contribution is 0.521. The van der Waals surface area contributed by atoms with Gasteiger partial charge in [0.25, 0.3) is 0 Å². The summed E-state index contributed by atoms with van der Waals surface area (Å²) in [6.07, 6.45) is 4.50. The fraction of sp³-hybridized carbons (Fsp3) is 0.700. The Balaban J connectivity index is 2.32. The molecule has 18 heavy (non-hydrogen) atoms. The number of aromatic nitrogens is 1. The van der Waals surface area contributed by atoms with E-state index in [0.717, 1.165) is 28.7 Å². The van der Waals surface area contributed by atoms with Crippen LogP contribution >= 0.6 is 11.5 Å². The molecule has 1 aromatic rings. The molecule has 0 spiro atoms. The molecule has 0 amide bonds. The molecular formula is C10H18N4O2S2. The average molecular weight is 290 g/mol. The Morgan fingerprint density at radius 1 is 1.39 bits per heavy atom. The number of hydrogen-bond donors (Lipinski definition) is 2. The number of sulfonamides is 1. The van der Waals surface area contributed by atoms with Crippen LogP contribution < -0.4 is 11.1 Å². The van der Waals surface area contributed by atoms with Crippen molar-refractivity contribution in [3.8, 4) is 0 Å². The molecule has 1 heterocycles. The smallest absolute Gasteiger partial charge is 0.249 e. The molecule has 0 atom stereocenters. The van der Waals surface area contributed by atoms with E-state index in [2.05, 4.69) is 9.69 Å². The molecule has 0 aliphatic heterocycles. The minimum atomic E-state index is -3.54. The summed E-state index contributed by atoms with van der Waals surface area (Å²) in [5, 5.41) is 3.82. The van der Waals surface area contributed by atoms with Crippen LogP contribution in [0.25, 0.3) is 0 Å². The van der Waals surface area contributed by atoms with Crippen LogP contribution in [0.2, 0.25) is 0 Å². The zero-order valence-electron chi connectivity index (χ0n) is 10.5. The van der Waals surface area contributed by atoms with Gasteiger partial charge >= 0.3 is 0 Å². The number of anilines is 2. The predicted molar refractivity (Wildman–Crippen MR) is 73.3 cm³/mol. The maximum absolute atomic E-state index is 12.2. The second-order valence-electron chi connectivity index (χ2n) is 4.64. The lowest BCUT2D eigenvalue weighted by Gasteiger charge is -2.15. The maximum atomic E-state index is 12.2. The van der Waals surface area contributed by atoms with Crippen LogP contribution in [0.3, 0.4) is 0 Å². The van der Waals surface area contributed by atoms with Gasteiger partial charge < -0.3 is 11.1 Å². The molecule has 0 aromatic carbocycles. The summed E-state index contributed by atoms with van der Waals surface area (Å²) >= 11 is 1.12. The van der Waals surface area contributed by atoms with Crippen LogP contribution in [0.5, 0.6) is 0 Å². The van der Waals surface area contributed by atoms with Crippen LogP contribution in [-0.2, 0) is 10.0 Å². The van der Waals surface area contributed by atoms with Gasteiger partial charge in [-0.2, -0.15) is 4.37 Å². The summed E-state index contributed by atoms with van der Waals surface area (Å²) in [7, 11) is -0.559. The van der Waals surface area contributed by atoms with Gasteiger partial charge in [-0.1, -0.05) is 12.8 Å². The fourth-order valence-electron chi connectivity index (χ4n) is 2.07. The third-order valence-electron chi connectivity index (χ3n) is 3.10. The van der Waals surface area contributed by atoms with Crippen molar-refractivity contribution in [3.05, 3.63) is 0 Å². The van der Waals surface area contributed by atoms with Crippen LogP contribution in [-0.4, -0.2) is 37.2 Å². The van der Waals surface area contributed by atoms with Gasteiger partial charge in [-0.25, -0.2) is 12.7 Å². The molecule has 1 fully saturated rings. The highest BCUT2D eigenvalue weighted by Crippen LogP contribution is 2.35. The van der Waals surface area contributed by atoms with Gasteiger partial charge in [0.15, 0.2) is 10.7 Å². The first kappa shape index (κ1) is 13.6. The molecule has 1 aromatic heterocycles. The third-order valence-corrected chi connectivity index (χ3v) is 5.92. The van der Waals surface area contributed by atoms with Gasteiger partial charge in [0.1, 0.15) is 5.00 Å². The van der Waals surface area contributed by atoms with Gasteiger partial charge in [-0.3, -0.25) is 0 Å². The topological polar surface area (TPSA) is 88.3 Å². The highest BCUT2D eigenvalue weighted by molar-refractivity contribution is 7.89. The molecule has 0 saturated heterocycles. The molecular weight excluding hydrogens is 272 g/mol. The standard InChI is InChI=1S/C10H18N4O2S2/c1-14(2)18(15,16)8-9(11)13-17-10(8)12-7-5-3-4-6-7/h7,12H,3-6H2,1-2H3,(H2,11,13). The van der Waals surface area contributed by atoms with E-state index < -0.39 is 10.0 Å². The van der Waals surface area contributed by atoms with Crippen molar-refractivity contribution in [3.63, 3.8) is 0 Å². The molecule has 3 N–H and O–H groups in total. The Hall–Kier alpha value is -0.860. The van der Waals surface area contributed by atoms with E-state index in [4.69, 9.17) is 5.73 Å². The van der Waals surface area contributed by atoms with E-state index in [1.807, 2.05) is 0 Å². The largest absolute Gasteiger partial charge is 0.382 e. The van der Waals surface area contributed by atoms with Crippen molar-refractivity contribution in [2.45, 2.75) is 36.6 Å². The van der Waals surface area contributed by atoms with Crippen LogP contribution in [0.1, 0.15) is 25.7 Å². The second kappa shape index (κ2) is 5.02. The van der Waals surface area contributed by atoms with Crippen molar-refractivity contribution in [2.24, 2.45) is 0 Å². The molecule has 0 bridgehead atoms. The van der Waals surface area contributed by atoms with E-state index in [9.17, 15) is 8.42 Å². The number of hydrogen-bond acceptors (Lipinski definition) is 6. The van der Waals surface area contributed by atoms with Crippen LogP contribution in [0.15, 0.2) is 4.90 Å². The van der Waals surface area contributed by atoms with Crippen molar-refractivity contribution >= 4 is 32.4 Å². The first-order chi connectivity index (χ1) is 8.43. The highest BCUT2D eigenvalue weighted by Gasteiger charge is 2.29. The maximum Gasteiger partial charge on any atom is 0.249 e. The summed E-state index contributed by atoms with van der Waals surface area (Å²) in [5.74, 6) is 0.0780. The number of nitrogen functional groups attached to an aromatic ring is 1. The first-order valence-electron chi connectivity index (χ1n) is 5.87. The molecule has 0 unspecified atom stereocenters. The van der Waals surface area contributed by atoms with Crippen molar-refractivity contribution in [1.82, 2.24) is 8.68 Å². The average Bonchev–Trinajstić information content (AvgIpc) is 2.89. The molecule has 1 aliphatic rings. The molecule has 102 valence electrons. The number of rotatable bonds is 4. The number of nitrogens with one attached hydrogen (secondary N) is 1. The van der Waals surface area contributed by atoms with E-state index in [1.54, 1.807) is 0 Å². The summed E-state index contributed by atoms with van der Waals surface area (Å²) in [4.78, 5) is 0.115. The minimum Gasteiger partial charge on any atom is -0.382 e. The van der Waals surface area contributed by atoms with E-state index >= 15 is 0 Å². The summed E-state index contributed by atoms with van der Waals surface area (Å²) in [5.41, 5.74) is 5.69. The summed E-state index contributed by atoms with van der Waals surface area (Å²) < 4.78 is 29.5. The lowest BCUT2D eigenvalue weighted by Crippen LogP contribution is -2.24. The summed E-state index contributed by atoms with van der Waals surface area (Å²) in [6, 6.07) is 0.334. The zero-order valence-corrected chi connectivity index (χ0v) is 12.1. The molecule has 1 aliphatic carbocycles. The normalized spacial score (nSPS) is 17.5. The van der Waals surface area contributed by atoms with E-state index in [1.165, 1.54) is 26.9 Å². The molecule has 0 radical (unpaired) electrons. The van der Waals surface area contributed by atoms with Gasteiger partial charge in [0.2, 0.25) is 10.0 Å². The Morgan fingerprint density at radius 2 is 2.00 bits per heavy atom. The van der Waals surface area contributed by atoms with Crippen molar-refractivity contribution < 1.29 is 8.42 Å². The quantitative estimate of drug-likeness (QED) is 0.873. The fourth-order valence-corrected chi connectivity index (χ4v) is 4.21. The van der Waals surface area contributed by atoms with Crippen molar-refractivity contribution in [2.75, 3.05) is 25.1 Å². The number of nitrogens with two attached hydrogens (primary N) is 1. The van der Waals surface area contributed by atoms with Gasteiger partial charge in [0, 0.05) is 20.1 Å². The van der Waals surface area contributed by atoms with Gasteiger partial charge in [-0.15, -0.1) is 0 Å². The van der Waals surface area contributed by atoms with Gasteiger partial charge in [0.05, 0.1) is 0 Å². The van der Waals surface area contributed by atoms with Crippen molar-refractivity contribution in [1.29, 1.82) is 0 Å². The second-order valence-corrected chi connectivity index (χ2v) is 7.50. The lowest BCUT2D eigenvalue weighted by atomic mass is 10.2. The van der Waals surface area contributed by atoms with E-state index in [0.29, 0.717) is 11.0 Å². The Labute approximate surface area is 111 Å². The molecule has 2 rings (SSSR count). The molecule has 6 nitrogen and oxygen atoms in total. The summed E-state index contributed by atoms with van der Waals surface area (Å²) in [6.45, 7) is 0. The van der Waals surface area contributed by atoms with E-state index in [-0.39, 0.29) is 10.7 Å². The Bertz CT molecular complexity index is 518. The van der Waals surface area contributed by atoms with Crippen LogP contribution in [0, 0.1) is 0 Å².